The summed E-state index contributed by atoms with van der Waals surface area (Å²) in [6, 6.07) is 13.8. The molecule has 5 heterocycles. The van der Waals surface area contributed by atoms with Crippen molar-refractivity contribution >= 4 is 18.0 Å². The molecule has 254 valence electrons. The number of piperazine rings is 1. The van der Waals surface area contributed by atoms with Crippen molar-refractivity contribution < 1.29 is 33.3 Å². The summed E-state index contributed by atoms with van der Waals surface area (Å²) in [5.41, 5.74) is 5.35. The summed E-state index contributed by atoms with van der Waals surface area (Å²) in [6.07, 6.45) is 3.17. The SMILES string of the molecule is COC(=O)c1cc(-c2cc3c(cc2C(=O)N2Cc4ccccc4C[C@H]2CN2CCN(C(=O)OC(C)(C)C)CC2)OCO3)n2c1CCCC2. The molecule has 1 fully saturated rings. The van der Waals surface area contributed by atoms with Crippen molar-refractivity contribution in [2.75, 3.05) is 46.6 Å². The van der Waals surface area contributed by atoms with Gasteiger partial charge in [-0.05, 0) is 75.8 Å². The Morgan fingerprint density at radius 2 is 1.62 bits per heavy atom. The number of amides is 2. The molecule has 0 N–H and O–H groups in total. The molecule has 0 radical (unpaired) electrons. The van der Waals surface area contributed by atoms with Crippen LogP contribution < -0.4 is 9.47 Å². The third-order valence-electron chi connectivity index (χ3n) is 9.79. The van der Waals surface area contributed by atoms with Crippen molar-refractivity contribution in [2.24, 2.45) is 0 Å². The second-order valence-electron chi connectivity index (χ2n) is 14.1. The minimum Gasteiger partial charge on any atom is -0.465 e. The quantitative estimate of drug-likeness (QED) is 0.349. The lowest BCUT2D eigenvalue weighted by atomic mass is 9.92. The van der Waals surface area contributed by atoms with Crippen LogP contribution in [0.2, 0.25) is 0 Å². The number of esters is 1. The van der Waals surface area contributed by atoms with Gasteiger partial charge in [0.1, 0.15) is 5.60 Å². The van der Waals surface area contributed by atoms with Crippen LogP contribution in [0.25, 0.3) is 11.3 Å². The zero-order valence-corrected chi connectivity index (χ0v) is 28.3. The Bertz CT molecular complexity index is 1730. The second-order valence-corrected chi connectivity index (χ2v) is 14.1. The van der Waals surface area contributed by atoms with Gasteiger partial charge >= 0.3 is 12.1 Å². The number of benzene rings is 2. The van der Waals surface area contributed by atoms with E-state index in [1.165, 1.54) is 12.7 Å². The minimum absolute atomic E-state index is 0.0844. The van der Waals surface area contributed by atoms with Crippen LogP contribution in [0.15, 0.2) is 42.5 Å². The van der Waals surface area contributed by atoms with E-state index < -0.39 is 5.60 Å². The van der Waals surface area contributed by atoms with E-state index in [9.17, 15) is 14.4 Å². The number of hydrogen-bond donors (Lipinski definition) is 0. The van der Waals surface area contributed by atoms with E-state index in [1.807, 2.05) is 43.9 Å². The molecule has 1 atom stereocenters. The van der Waals surface area contributed by atoms with Gasteiger partial charge in [-0.1, -0.05) is 24.3 Å². The molecule has 0 saturated carbocycles. The van der Waals surface area contributed by atoms with Crippen LogP contribution in [-0.4, -0.2) is 95.5 Å². The molecule has 0 aliphatic carbocycles. The van der Waals surface area contributed by atoms with Gasteiger partial charge in [-0.2, -0.15) is 0 Å². The largest absolute Gasteiger partial charge is 0.465 e. The van der Waals surface area contributed by atoms with Crippen molar-refractivity contribution in [2.45, 2.75) is 71.2 Å². The fourth-order valence-corrected chi connectivity index (χ4v) is 7.40. The molecule has 2 amide bonds. The Hall–Kier alpha value is -4.51. The first-order valence-corrected chi connectivity index (χ1v) is 16.9. The average Bonchev–Trinajstić information content (AvgIpc) is 3.71. The first kappa shape index (κ1) is 32.1. The molecule has 11 heteroatoms. The number of hydrogen-bond acceptors (Lipinski definition) is 8. The predicted octanol–water partition coefficient (Wildman–Crippen LogP) is 5.13. The molecule has 0 unspecified atom stereocenters. The first-order chi connectivity index (χ1) is 23.1. The van der Waals surface area contributed by atoms with Gasteiger partial charge in [0.05, 0.1) is 23.9 Å². The summed E-state index contributed by atoms with van der Waals surface area (Å²) in [7, 11) is 1.40. The highest BCUT2D eigenvalue weighted by Crippen LogP contribution is 2.42. The summed E-state index contributed by atoms with van der Waals surface area (Å²) in [5.74, 6) is 0.644. The number of carbonyl (C=O) groups is 3. The average molecular weight is 657 g/mol. The number of carbonyl (C=O) groups excluding carboxylic acids is 3. The fraction of sp³-hybridized carbons (Fsp3) is 0.486. The van der Waals surface area contributed by atoms with Crippen LogP contribution >= 0.6 is 0 Å². The van der Waals surface area contributed by atoms with Gasteiger partial charge in [0, 0.05) is 63.1 Å². The van der Waals surface area contributed by atoms with Gasteiger partial charge in [-0.25, -0.2) is 9.59 Å². The Labute approximate surface area is 281 Å². The summed E-state index contributed by atoms with van der Waals surface area (Å²) in [4.78, 5) is 46.6. The van der Waals surface area contributed by atoms with Gasteiger partial charge in [0.25, 0.3) is 5.91 Å². The maximum absolute atomic E-state index is 14.9. The number of nitrogens with zero attached hydrogens (tertiary/aromatic N) is 4. The highest BCUT2D eigenvalue weighted by atomic mass is 16.7. The predicted molar refractivity (Wildman–Crippen MR) is 178 cm³/mol. The molecule has 3 aromatic rings. The van der Waals surface area contributed by atoms with Crippen molar-refractivity contribution in [3.05, 3.63) is 70.4 Å². The molecule has 48 heavy (non-hydrogen) atoms. The summed E-state index contributed by atoms with van der Waals surface area (Å²) >= 11 is 0. The summed E-state index contributed by atoms with van der Waals surface area (Å²) < 4.78 is 24.5. The zero-order chi connectivity index (χ0) is 33.6. The summed E-state index contributed by atoms with van der Waals surface area (Å²) in [5, 5.41) is 0. The van der Waals surface area contributed by atoms with Gasteiger partial charge < -0.3 is 33.3 Å². The number of aromatic nitrogens is 1. The van der Waals surface area contributed by atoms with E-state index >= 15 is 0 Å². The number of methoxy groups -OCH3 is 1. The molecular formula is C37H44N4O7. The maximum atomic E-state index is 14.9. The zero-order valence-electron chi connectivity index (χ0n) is 28.3. The van der Waals surface area contributed by atoms with Crippen molar-refractivity contribution in [1.29, 1.82) is 0 Å². The van der Waals surface area contributed by atoms with E-state index in [0.717, 1.165) is 49.2 Å². The van der Waals surface area contributed by atoms with Crippen LogP contribution in [0.5, 0.6) is 11.5 Å². The van der Waals surface area contributed by atoms with E-state index in [2.05, 4.69) is 27.7 Å². The van der Waals surface area contributed by atoms with Crippen LogP contribution in [0, 0.1) is 0 Å². The molecule has 2 aromatic carbocycles. The standard InChI is InChI=1S/C37H44N4O7/c1-37(2,3)48-36(44)39-15-13-38(14-16-39)22-26-17-24-9-5-6-10-25(24)21-41(26)34(42)28-20-33-32(46-23-47-33)19-27(28)31-18-29(35(43)45-4)30-11-7-8-12-40(30)31/h5-6,9-10,18-20,26H,7-8,11-17,21-23H2,1-4H3/t26-/m0/s1. The van der Waals surface area contributed by atoms with Crippen molar-refractivity contribution in [3.63, 3.8) is 0 Å². The van der Waals surface area contributed by atoms with Crippen molar-refractivity contribution in [3.8, 4) is 22.8 Å². The van der Waals surface area contributed by atoms with Crippen LogP contribution in [0.1, 0.15) is 71.1 Å². The second kappa shape index (κ2) is 12.8. The third kappa shape index (κ3) is 6.23. The Kier molecular flexibility index (Phi) is 8.57. The van der Waals surface area contributed by atoms with Crippen molar-refractivity contribution in [1.82, 2.24) is 19.3 Å². The van der Waals surface area contributed by atoms with Gasteiger partial charge in [-0.15, -0.1) is 0 Å². The fourth-order valence-electron chi connectivity index (χ4n) is 7.40. The monoisotopic (exact) mass is 656 g/mol. The third-order valence-corrected chi connectivity index (χ3v) is 9.79. The normalized spacial score (nSPS) is 19.0. The summed E-state index contributed by atoms with van der Waals surface area (Å²) in [6.45, 7) is 10.1. The molecule has 4 aliphatic rings. The number of rotatable bonds is 5. The number of ether oxygens (including phenoxy) is 4. The Morgan fingerprint density at radius 1 is 0.896 bits per heavy atom. The highest BCUT2D eigenvalue weighted by Gasteiger charge is 2.36. The minimum atomic E-state index is -0.542. The van der Waals surface area contributed by atoms with E-state index in [4.69, 9.17) is 18.9 Å². The number of fused-ring (bicyclic) bond motifs is 3. The van der Waals surface area contributed by atoms with E-state index in [0.29, 0.717) is 67.5 Å². The molecular weight excluding hydrogens is 612 g/mol. The lowest BCUT2D eigenvalue weighted by molar-refractivity contribution is 0.0116. The molecule has 0 bridgehead atoms. The molecule has 7 rings (SSSR count). The lowest BCUT2D eigenvalue weighted by Crippen LogP contribution is -2.55. The van der Waals surface area contributed by atoms with Gasteiger partial charge in [0.2, 0.25) is 6.79 Å². The van der Waals surface area contributed by atoms with Crippen LogP contribution in [-0.2, 0) is 35.4 Å². The molecule has 11 nitrogen and oxygen atoms in total. The van der Waals surface area contributed by atoms with E-state index in [-0.39, 0.29) is 30.8 Å². The first-order valence-electron chi connectivity index (χ1n) is 16.9. The highest BCUT2D eigenvalue weighted by molar-refractivity contribution is 6.03. The molecule has 4 aliphatic heterocycles. The molecule has 1 saturated heterocycles. The lowest BCUT2D eigenvalue weighted by Gasteiger charge is -2.42. The molecule has 0 spiro atoms. The van der Waals surface area contributed by atoms with Crippen LogP contribution in [0.4, 0.5) is 4.79 Å². The van der Waals surface area contributed by atoms with Gasteiger partial charge in [0.15, 0.2) is 11.5 Å². The molecule has 1 aromatic heterocycles. The van der Waals surface area contributed by atoms with Crippen LogP contribution in [0.3, 0.4) is 0 Å². The topological polar surface area (TPSA) is 103 Å². The maximum Gasteiger partial charge on any atom is 0.410 e. The van der Waals surface area contributed by atoms with Gasteiger partial charge in [-0.3, -0.25) is 9.69 Å². The Balaban J connectivity index is 1.21. The Morgan fingerprint density at radius 3 is 2.35 bits per heavy atom. The smallest absolute Gasteiger partial charge is 0.410 e. The van der Waals surface area contributed by atoms with E-state index in [1.54, 1.807) is 11.0 Å².